The zero-order valence-corrected chi connectivity index (χ0v) is 10.2. The van der Waals surface area contributed by atoms with Crippen LogP contribution < -0.4 is 10.5 Å². The predicted molar refractivity (Wildman–Crippen MR) is 70.7 cm³/mol. The summed E-state index contributed by atoms with van der Waals surface area (Å²) >= 11 is 5.90. The van der Waals surface area contributed by atoms with Crippen LogP contribution in [0.2, 0.25) is 5.02 Å². The zero-order chi connectivity index (χ0) is 12.1. The van der Waals surface area contributed by atoms with Crippen LogP contribution in [0.15, 0.2) is 48.5 Å². The molecule has 0 fully saturated rings. The lowest BCUT2D eigenvalue weighted by atomic mass is 10.1. The molecule has 0 radical (unpaired) electrons. The Morgan fingerprint density at radius 1 is 1.00 bits per heavy atom. The molecule has 0 saturated heterocycles. The van der Waals surface area contributed by atoms with E-state index in [1.54, 1.807) is 6.07 Å². The van der Waals surface area contributed by atoms with Crippen LogP contribution in [0.5, 0.6) is 11.5 Å². The molecule has 88 valence electrons. The summed E-state index contributed by atoms with van der Waals surface area (Å²) in [5, 5.41) is 0.667. The van der Waals surface area contributed by atoms with Crippen LogP contribution in [0, 0.1) is 0 Å². The zero-order valence-electron chi connectivity index (χ0n) is 9.40. The third-order valence-corrected chi connectivity index (χ3v) is 2.60. The van der Waals surface area contributed by atoms with Gasteiger partial charge in [-0.25, -0.2) is 0 Å². The van der Waals surface area contributed by atoms with Crippen LogP contribution >= 0.6 is 11.6 Å². The van der Waals surface area contributed by atoms with E-state index in [9.17, 15) is 0 Å². The normalized spacial score (nSPS) is 10.2. The molecule has 0 bridgehead atoms. The van der Waals surface area contributed by atoms with Gasteiger partial charge in [-0.3, -0.25) is 0 Å². The van der Waals surface area contributed by atoms with Crippen LogP contribution in [0.25, 0.3) is 0 Å². The van der Waals surface area contributed by atoms with Crippen molar-refractivity contribution in [2.45, 2.75) is 6.42 Å². The molecule has 2 N–H and O–H groups in total. The Balaban J connectivity index is 2.15. The monoisotopic (exact) mass is 247 g/mol. The minimum atomic E-state index is 0.640. The average molecular weight is 248 g/mol. The molecule has 2 aromatic carbocycles. The molecule has 2 aromatic rings. The second-order valence-corrected chi connectivity index (χ2v) is 4.18. The van der Waals surface area contributed by atoms with Crippen molar-refractivity contribution in [2.75, 3.05) is 6.54 Å². The number of nitrogens with two attached hydrogens (primary N) is 1. The van der Waals surface area contributed by atoms with Crippen molar-refractivity contribution < 1.29 is 4.74 Å². The highest BCUT2D eigenvalue weighted by Gasteiger charge is 1.99. The van der Waals surface area contributed by atoms with Crippen LogP contribution in [0.4, 0.5) is 0 Å². The largest absolute Gasteiger partial charge is 0.457 e. The number of hydrogen-bond donors (Lipinski definition) is 1. The van der Waals surface area contributed by atoms with Gasteiger partial charge in [0.15, 0.2) is 0 Å². The molecule has 0 amide bonds. The van der Waals surface area contributed by atoms with Gasteiger partial charge >= 0.3 is 0 Å². The van der Waals surface area contributed by atoms with Crippen molar-refractivity contribution in [3.05, 3.63) is 59.1 Å². The highest BCUT2D eigenvalue weighted by atomic mass is 35.5. The van der Waals surface area contributed by atoms with Crippen LogP contribution in [-0.2, 0) is 6.42 Å². The van der Waals surface area contributed by atoms with Crippen molar-refractivity contribution in [2.24, 2.45) is 5.73 Å². The topological polar surface area (TPSA) is 35.2 Å². The summed E-state index contributed by atoms with van der Waals surface area (Å²) in [5.74, 6) is 1.54. The summed E-state index contributed by atoms with van der Waals surface area (Å²) in [7, 11) is 0. The summed E-state index contributed by atoms with van der Waals surface area (Å²) in [6, 6.07) is 15.3. The summed E-state index contributed by atoms with van der Waals surface area (Å²) in [4.78, 5) is 0. The SMILES string of the molecule is NCCc1cccc(Oc2cccc(Cl)c2)c1. The Labute approximate surface area is 106 Å². The van der Waals surface area contributed by atoms with Gasteiger partial charge in [-0.2, -0.15) is 0 Å². The molecule has 0 aliphatic heterocycles. The first-order chi connectivity index (χ1) is 8.28. The fourth-order valence-electron chi connectivity index (χ4n) is 1.60. The number of benzene rings is 2. The van der Waals surface area contributed by atoms with E-state index < -0.39 is 0 Å². The van der Waals surface area contributed by atoms with E-state index in [1.807, 2.05) is 42.5 Å². The Bertz CT molecular complexity index is 499. The van der Waals surface area contributed by atoms with Gasteiger partial charge in [-0.15, -0.1) is 0 Å². The maximum atomic E-state index is 5.90. The van der Waals surface area contributed by atoms with E-state index in [0.717, 1.165) is 17.9 Å². The molecule has 0 saturated carbocycles. The smallest absolute Gasteiger partial charge is 0.128 e. The number of ether oxygens (including phenoxy) is 1. The summed E-state index contributed by atoms with van der Waals surface area (Å²) in [5.41, 5.74) is 6.70. The molecule has 17 heavy (non-hydrogen) atoms. The molecule has 0 aliphatic rings. The first-order valence-corrected chi connectivity index (χ1v) is 5.88. The highest BCUT2D eigenvalue weighted by Crippen LogP contribution is 2.24. The Kier molecular flexibility index (Phi) is 4.02. The first-order valence-electron chi connectivity index (χ1n) is 5.50. The molecular formula is C14H14ClNO. The number of rotatable bonds is 4. The third-order valence-electron chi connectivity index (χ3n) is 2.36. The van der Waals surface area contributed by atoms with E-state index in [1.165, 1.54) is 5.56 Å². The molecule has 0 atom stereocenters. The van der Waals surface area contributed by atoms with Crippen LogP contribution in [0.3, 0.4) is 0 Å². The molecule has 2 nitrogen and oxygen atoms in total. The number of halogens is 1. The summed E-state index contributed by atoms with van der Waals surface area (Å²) in [6.45, 7) is 0.640. The van der Waals surface area contributed by atoms with E-state index in [0.29, 0.717) is 11.6 Å². The summed E-state index contributed by atoms with van der Waals surface area (Å²) in [6.07, 6.45) is 0.854. The molecule has 0 aliphatic carbocycles. The van der Waals surface area contributed by atoms with Gasteiger partial charge in [0.2, 0.25) is 0 Å². The van der Waals surface area contributed by atoms with E-state index >= 15 is 0 Å². The lowest BCUT2D eigenvalue weighted by Crippen LogP contribution is -2.02. The molecule has 0 unspecified atom stereocenters. The molecule has 0 heterocycles. The number of hydrogen-bond acceptors (Lipinski definition) is 2. The Morgan fingerprint density at radius 2 is 1.71 bits per heavy atom. The van der Waals surface area contributed by atoms with Gasteiger partial charge < -0.3 is 10.5 Å². The predicted octanol–water partition coefficient (Wildman–Crippen LogP) is 3.63. The lowest BCUT2D eigenvalue weighted by molar-refractivity contribution is 0.482. The minimum absolute atomic E-state index is 0.640. The van der Waals surface area contributed by atoms with Crippen molar-refractivity contribution in [1.29, 1.82) is 0 Å². The van der Waals surface area contributed by atoms with Gasteiger partial charge in [0, 0.05) is 5.02 Å². The molecule has 3 heteroatoms. The van der Waals surface area contributed by atoms with E-state index in [4.69, 9.17) is 22.1 Å². The van der Waals surface area contributed by atoms with Crippen LogP contribution in [-0.4, -0.2) is 6.54 Å². The second kappa shape index (κ2) is 5.71. The van der Waals surface area contributed by atoms with Crippen molar-refractivity contribution in [3.8, 4) is 11.5 Å². The van der Waals surface area contributed by atoms with E-state index in [2.05, 4.69) is 0 Å². The van der Waals surface area contributed by atoms with Gasteiger partial charge in [-0.05, 0) is 48.9 Å². The third kappa shape index (κ3) is 3.48. The average Bonchev–Trinajstić information content (AvgIpc) is 2.30. The quantitative estimate of drug-likeness (QED) is 0.895. The molecule has 0 spiro atoms. The standard InChI is InChI=1S/C14H14ClNO/c15-12-4-2-6-14(10-12)17-13-5-1-3-11(9-13)7-8-16/h1-6,9-10H,7-8,16H2. The molecule has 0 aromatic heterocycles. The van der Waals surface area contributed by atoms with Crippen molar-refractivity contribution in [3.63, 3.8) is 0 Å². The Morgan fingerprint density at radius 3 is 2.41 bits per heavy atom. The van der Waals surface area contributed by atoms with Gasteiger partial charge in [0.1, 0.15) is 11.5 Å². The summed E-state index contributed by atoms with van der Waals surface area (Å²) < 4.78 is 5.72. The fraction of sp³-hybridized carbons (Fsp3) is 0.143. The maximum Gasteiger partial charge on any atom is 0.128 e. The highest BCUT2D eigenvalue weighted by molar-refractivity contribution is 6.30. The molecular weight excluding hydrogens is 234 g/mol. The van der Waals surface area contributed by atoms with E-state index in [-0.39, 0.29) is 0 Å². The fourth-order valence-corrected chi connectivity index (χ4v) is 1.78. The first kappa shape index (κ1) is 12.0. The van der Waals surface area contributed by atoms with Gasteiger partial charge in [0.05, 0.1) is 0 Å². The molecule has 2 rings (SSSR count). The Hall–Kier alpha value is -1.51. The minimum Gasteiger partial charge on any atom is -0.457 e. The van der Waals surface area contributed by atoms with Crippen LogP contribution in [0.1, 0.15) is 5.56 Å². The lowest BCUT2D eigenvalue weighted by Gasteiger charge is -2.07. The van der Waals surface area contributed by atoms with Crippen molar-refractivity contribution >= 4 is 11.6 Å². The van der Waals surface area contributed by atoms with Gasteiger partial charge in [0.25, 0.3) is 0 Å². The second-order valence-electron chi connectivity index (χ2n) is 3.75. The van der Waals surface area contributed by atoms with Crippen molar-refractivity contribution in [1.82, 2.24) is 0 Å². The van der Waals surface area contributed by atoms with Gasteiger partial charge in [-0.1, -0.05) is 29.8 Å². The maximum absolute atomic E-state index is 5.90.